The first-order chi connectivity index (χ1) is 15.2. The summed E-state index contributed by atoms with van der Waals surface area (Å²) in [7, 11) is 0. The molecule has 6 heteroatoms. The molecule has 4 rings (SSSR count). The summed E-state index contributed by atoms with van der Waals surface area (Å²) < 4.78 is 5.50. The lowest BCUT2D eigenvalue weighted by Crippen LogP contribution is -2.50. The van der Waals surface area contributed by atoms with Crippen molar-refractivity contribution in [3.8, 4) is 0 Å². The Hall–Kier alpha value is -3.02. The Morgan fingerprint density at radius 3 is 2.34 bits per heavy atom. The van der Waals surface area contributed by atoms with Crippen LogP contribution in [0.5, 0.6) is 0 Å². The molecule has 0 radical (unpaired) electrons. The van der Waals surface area contributed by atoms with Crippen LogP contribution in [0.4, 0.5) is 16.2 Å². The van der Waals surface area contributed by atoms with Crippen molar-refractivity contribution in [3.63, 3.8) is 0 Å². The van der Waals surface area contributed by atoms with Gasteiger partial charge in [-0.25, -0.2) is 4.79 Å². The molecule has 2 aromatic rings. The summed E-state index contributed by atoms with van der Waals surface area (Å²) in [5.74, 6) is 0.580. The number of hydrogen-bond acceptors (Lipinski definition) is 5. The summed E-state index contributed by atoms with van der Waals surface area (Å²) in [6, 6.07) is 13.8. The van der Waals surface area contributed by atoms with E-state index in [1.165, 1.54) is 0 Å². The van der Waals surface area contributed by atoms with E-state index in [1.807, 2.05) is 57.2 Å². The molecule has 0 aromatic heterocycles. The maximum atomic E-state index is 13.1. The van der Waals surface area contributed by atoms with Crippen molar-refractivity contribution in [1.29, 1.82) is 0 Å². The van der Waals surface area contributed by atoms with Gasteiger partial charge in [0.1, 0.15) is 5.60 Å². The van der Waals surface area contributed by atoms with Gasteiger partial charge in [-0.05, 0) is 74.9 Å². The highest BCUT2D eigenvalue weighted by Crippen LogP contribution is 2.43. The maximum Gasteiger partial charge on any atom is 0.410 e. The molecule has 0 spiro atoms. The summed E-state index contributed by atoms with van der Waals surface area (Å²) in [6.45, 7) is 8.40. The molecule has 1 saturated carbocycles. The zero-order valence-electron chi connectivity index (χ0n) is 19.3. The highest BCUT2D eigenvalue weighted by atomic mass is 16.6. The molecule has 0 bridgehead atoms. The highest BCUT2D eigenvalue weighted by Gasteiger charge is 2.30. The monoisotopic (exact) mass is 435 g/mol. The number of Topliss-reactive ketones (excluding diaryl/α,β-unsaturated/α-hetero) is 1. The van der Waals surface area contributed by atoms with Crippen molar-refractivity contribution in [1.82, 2.24) is 4.90 Å². The van der Waals surface area contributed by atoms with Gasteiger partial charge >= 0.3 is 6.09 Å². The highest BCUT2D eigenvalue weighted by molar-refractivity contribution is 6.00. The number of nitrogens with two attached hydrogens (primary N) is 1. The molecule has 0 atom stereocenters. The number of nitrogen functional groups attached to an aromatic ring is 1. The number of ketones is 1. The second kappa shape index (κ2) is 8.85. The van der Waals surface area contributed by atoms with E-state index in [2.05, 4.69) is 11.0 Å². The zero-order valence-corrected chi connectivity index (χ0v) is 19.3. The van der Waals surface area contributed by atoms with E-state index < -0.39 is 5.60 Å². The van der Waals surface area contributed by atoms with Crippen molar-refractivity contribution in [2.45, 2.75) is 51.6 Å². The van der Waals surface area contributed by atoms with Gasteiger partial charge in [0.25, 0.3) is 0 Å². The molecule has 1 aliphatic heterocycles. The number of nitrogens with zero attached hydrogens (tertiary/aromatic N) is 2. The first-order valence-corrected chi connectivity index (χ1v) is 11.4. The van der Waals surface area contributed by atoms with Crippen LogP contribution in [0.25, 0.3) is 0 Å². The lowest BCUT2D eigenvalue weighted by atomic mass is 9.94. The van der Waals surface area contributed by atoms with Crippen LogP contribution in [-0.2, 0) is 11.2 Å². The molecule has 2 aliphatic rings. The van der Waals surface area contributed by atoms with Gasteiger partial charge in [-0.3, -0.25) is 4.79 Å². The van der Waals surface area contributed by atoms with E-state index in [0.29, 0.717) is 31.1 Å². The minimum absolute atomic E-state index is 0.117. The van der Waals surface area contributed by atoms with Crippen LogP contribution in [-0.4, -0.2) is 48.6 Å². The number of para-hydroxylation sites is 1. The van der Waals surface area contributed by atoms with Crippen molar-refractivity contribution < 1.29 is 14.3 Å². The normalized spacial score (nSPS) is 16.7. The Bertz CT molecular complexity index is 1000. The number of amides is 1. The van der Waals surface area contributed by atoms with Crippen molar-refractivity contribution in [3.05, 3.63) is 59.2 Å². The summed E-state index contributed by atoms with van der Waals surface area (Å²) in [4.78, 5) is 29.5. The fraction of sp³-hybridized carbons (Fsp3) is 0.462. The van der Waals surface area contributed by atoms with Gasteiger partial charge in [0.05, 0.1) is 0 Å². The quantitative estimate of drug-likeness (QED) is 0.547. The van der Waals surface area contributed by atoms with Gasteiger partial charge in [0.15, 0.2) is 5.78 Å². The van der Waals surface area contributed by atoms with Crippen LogP contribution in [0, 0.1) is 0 Å². The van der Waals surface area contributed by atoms with Crippen LogP contribution in [0.3, 0.4) is 0 Å². The molecule has 1 amide bonds. The van der Waals surface area contributed by atoms with Crippen LogP contribution >= 0.6 is 0 Å². The average Bonchev–Trinajstić information content (AvgIpc) is 3.59. The molecule has 170 valence electrons. The third-order valence-corrected chi connectivity index (χ3v) is 6.06. The third-order valence-electron chi connectivity index (χ3n) is 6.06. The molecule has 2 N–H and O–H groups in total. The van der Waals surface area contributed by atoms with Crippen LogP contribution in [0.15, 0.2) is 42.5 Å². The maximum absolute atomic E-state index is 13.1. The molecule has 2 aromatic carbocycles. The van der Waals surface area contributed by atoms with E-state index in [1.54, 1.807) is 4.90 Å². The van der Waals surface area contributed by atoms with E-state index >= 15 is 0 Å². The summed E-state index contributed by atoms with van der Waals surface area (Å²) in [6.07, 6.45) is 2.32. The summed E-state index contributed by atoms with van der Waals surface area (Å²) in [5, 5.41) is 0. The first-order valence-electron chi connectivity index (χ1n) is 11.4. The fourth-order valence-electron chi connectivity index (χ4n) is 4.17. The Kier molecular flexibility index (Phi) is 6.13. The predicted octanol–water partition coefficient (Wildman–Crippen LogP) is 4.63. The first kappa shape index (κ1) is 22.2. The van der Waals surface area contributed by atoms with Gasteiger partial charge < -0.3 is 20.3 Å². The molecule has 0 unspecified atom stereocenters. The van der Waals surface area contributed by atoms with Crippen molar-refractivity contribution >= 4 is 23.3 Å². The lowest BCUT2D eigenvalue weighted by molar-refractivity contribution is 0.0240. The van der Waals surface area contributed by atoms with E-state index in [0.717, 1.165) is 48.3 Å². The number of hydrogen-bond donors (Lipinski definition) is 1. The molecular weight excluding hydrogens is 402 g/mol. The third kappa shape index (κ3) is 5.23. The Morgan fingerprint density at radius 2 is 1.72 bits per heavy atom. The Labute approximate surface area is 190 Å². The molecule has 1 saturated heterocycles. The summed E-state index contributed by atoms with van der Waals surface area (Å²) >= 11 is 0. The summed E-state index contributed by atoms with van der Waals surface area (Å²) in [5.41, 5.74) is 10.2. The van der Waals surface area contributed by atoms with Gasteiger partial charge in [-0.1, -0.05) is 18.2 Å². The number of piperazine rings is 1. The Morgan fingerprint density at radius 1 is 1.03 bits per heavy atom. The number of ether oxygens (including phenoxy) is 1. The SMILES string of the molecule is CC(C)(C)OC(=O)N1CCN(c2ccc(C(=O)Cc3ccccc3N)c(C3CC3)c2)CC1. The smallest absolute Gasteiger partial charge is 0.410 e. The number of anilines is 2. The van der Waals surface area contributed by atoms with Gasteiger partial charge in [0, 0.05) is 49.5 Å². The number of benzene rings is 2. The minimum Gasteiger partial charge on any atom is -0.444 e. The standard InChI is InChI=1S/C26H33N3O3/c1-26(2,3)32-25(31)29-14-12-28(13-15-29)20-10-11-21(22(17-20)18-8-9-18)24(30)16-19-6-4-5-7-23(19)27/h4-7,10-11,17-18H,8-9,12-16,27H2,1-3H3. The molecular formula is C26H33N3O3. The number of carbonyl (C=O) groups excluding carboxylic acids is 2. The minimum atomic E-state index is -0.486. The van der Waals surface area contributed by atoms with Gasteiger partial charge in [-0.15, -0.1) is 0 Å². The predicted molar refractivity (Wildman–Crippen MR) is 127 cm³/mol. The Balaban J connectivity index is 1.45. The topological polar surface area (TPSA) is 75.9 Å². The van der Waals surface area contributed by atoms with Crippen LogP contribution < -0.4 is 10.6 Å². The lowest BCUT2D eigenvalue weighted by Gasteiger charge is -2.37. The van der Waals surface area contributed by atoms with E-state index in [4.69, 9.17) is 10.5 Å². The van der Waals surface area contributed by atoms with Gasteiger partial charge in [-0.2, -0.15) is 0 Å². The van der Waals surface area contributed by atoms with Crippen LogP contribution in [0.1, 0.15) is 61.0 Å². The molecule has 32 heavy (non-hydrogen) atoms. The van der Waals surface area contributed by atoms with Gasteiger partial charge in [0.2, 0.25) is 0 Å². The molecule has 6 nitrogen and oxygen atoms in total. The number of rotatable bonds is 5. The fourth-order valence-corrected chi connectivity index (χ4v) is 4.17. The van der Waals surface area contributed by atoms with Crippen molar-refractivity contribution in [2.75, 3.05) is 36.8 Å². The van der Waals surface area contributed by atoms with E-state index in [-0.39, 0.29) is 11.9 Å². The zero-order chi connectivity index (χ0) is 22.9. The molecule has 1 heterocycles. The van der Waals surface area contributed by atoms with Crippen molar-refractivity contribution in [2.24, 2.45) is 0 Å². The largest absolute Gasteiger partial charge is 0.444 e. The molecule has 2 fully saturated rings. The molecule has 1 aliphatic carbocycles. The number of carbonyl (C=O) groups is 2. The van der Waals surface area contributed by atoms with Crippen LogP contribution in [0.2, 0.25) is 0 Å². The second-order valence-electron chi connectivity index (χ2n) is 9.80. The van der Waals surface area contributed by atoms with E-state index in [9.17, 15) is 9.59 Å². The second-order valence-corrected chi connectivity index (χ2v) is 9.80. The average molecular weight is 436 g/mol.